The van der Waals surface area contributed by atoms with E-state index in [1.165, 1.54) is 10.9 Å². The molecule has 0 aliphatic carbocycles. The van der Waals surface area contributed by atoms with Crippen molar-refractivity contribution in [2.24, 2.45) is 0 Å². The van der Waals surface area contributed by atoms with Crippen molar-refractivity contribution in [2.45, 2.75) is 20.4 Å². The van der Waals surface area contributed by atoms with Crippen LogP contribution in [0.1, 0.15) is 23.0 Å². The molecule has 0 unspecified atom stereocenters. The van der Waals surface area contributed by atoms with Crippen molar-refractivity contribution in [3.63, 3.8) is 0 Å². The van der Waals surface area contributed by atoms with Crippen LogP contribution in [0.15, 0.2) is 6.07 Å². The molecule has 19 heavy (non-hydrogen) atoms. The number of hydrogen-bond donors (Lipinski definition) is 0. The number of nitrogens with zero attached hydrogens (tertiary/aromatic N) is 5. The summed E-state index contributed by atoms with van der Waals surface area (Å²) in [6.07, 6.45) is 2.67. The van der Waals surface area contributed by atoms with Gasteiger partial charge in [0.1, 0.15) is 0 Å². The van der Waals surface area contributed by atoms with Gasteiger partial charge < -0.3 is 15.5 Å². The zero-order valence-corrected chi connectivity index (χ0v) is 16.2. The van der Waals surface area contributed by atoms with Crippen LogP contribution in [0.3, 0.4) is 0 Å². The molecule has 2 aromatic heterocycles. The standard InChI is InChI=1S/C10H11N6O.W.Y/c1-3-16-14-10(13-15-16)7-4-8(9(11)17)12-5-6(7)2;;/h4H,3H2,1-2H3,(H2,11,17);;/q-1;;/p-1. The van der Waals surface area contributed by atoms with Crippen LogP contribution in [0.25, 0.3) is 17.1 Å². The number of rotatable bonds is 3. The summed E-state index contributed by atoms with van der Waals surface area (Å²) in [4.78, 5) is 16.1. The van der Waals surface area contributed by atoms with Crippen LogP contribution in [0.5, 0.6) is 0 Å². The van der Waals surface area contributed by atoms with Crippen molar-refractivity contribution in [3.05, 3.63) is 29.3 Å². The first-order valence-corrected chi connectivity index (χ1v) is 5.05. The fraction of sp³-hybridized carbons (Fsp3) is 0.300. The number of carbonyl (C=O) groups excluding carboxylic acids is 1. The van der Waals surface area contributed by atoms with Crippen LogP contribution >= 0.6 is 0 Å². The molecule has 0 aliphatic heterocycles. The molecule has 7 nitrogen and oxygen atoms in total. The van der Waals surface area contributed by atoms with Gasteiger partial charge in [-0.15, -0.1) is 21.8 Å². The molecule has 1 radical (unpaired) electrons. The van der Waals surface area contributed by atoms with Gasteiger partial charge in [0.2, 0.25) is 0 Å². The number of nitrogens with one attached hydrogen (secondary N) is 1. The number of amides is 1. The first kappa shape index (κ1) is 18.5. The molecule has 0 atom stereocenters. The van der Waals surface area contributed by atoms with Crippen LogP contribution in [0.4, 0.5) is 0 Å². The van der Waals surface area contributed by atoms with E-state index in [4.69, 9.17) is 5.73 Å². The van der Waals surface area contributed by atoms with Crippen molar-refractivity contribution >= 4 is 5.91 Å². The van der Waals surface area contributed by atoms with Crippen LogP contribution in [-0.2, 0) is 60.3 Å². The maximum Gasteiger partial charge on any atom is 0.151 e. The SMILES string of the molecule is CCn1nnc(-c2cc(C([NH-])=O)n[c-]c2C)n1.[W].[Y]. The normalized spacial score (nSPS) is 9.37. The maximum atomic E-state index is 10.9. The third kappa shape index (κ3) is 4.23. The van der Waals surface area contributed by atoms with Gasteiger partial charge in [-0.25, -0.2) is 0 Å². The topological polar surface area (TPSA) is 97.4 Å². The summed E-state index contributed by atoms with van der Waals surface area (Å²) in [7, 11) is 0. The summed E-state index contributed by atoms with van der Waals surface area (Å²) in [5, 5.41) is 11.9. The first-order valence-electron chi connectivity index (χ1n) is 5.05. The molecule has 0 saturated heterocycles. The molecule has 2 heterocycles. The van der Waals surface area contributed by atoms with E-state index in [1.807, 2.05) is 6.92 Å². The smallest absolute Gasteiger partial charge is 0.151 e. The molecule has 0 fully saturated rings. The molecular formula is C10H10N6OWY-2. The number of hydrogen-bond acceptors (Lipinski definition) is 5. The Bertz CT molecular complexity index is 573. The van der Waals surface area contributed by atoms with E-state index in [2.05, 4.69) is 26.6 Å². The van der Waals surface area contributed by atoms with E-state index in [0.29, 0.717) is 23.5 Å². The number of pyridine rings is 1. The predicted molar refractivity (Wildman–Crippen MR) is 58.9 cm³/mol. The minimum absolute atomic E-state index is 0. The Morgan fingerprint density at radius 3 is 2.74 bits per heavy atom. The van der Waals surface area contributed by atoms with E-state index in [0.717, 1.165) is 0 Å². The fourth-order valence-electron chi connectivity index (χ4n) is 1.32. The zero-order valence-electron chi connectivity index (χ0n) is 10.4. The maximum absolute atomic E-state index is 10.9. The van der Waals surface area contributed by atoms with Crippen LogP contribution in [0.2, 0.25) is 0 Å². The Balaban J connectivity index is 0.00000162. The second-order valence-electron chi connectivity index (χ2n) is 3.42. The molecule has 2 rings (SSSR count). The molecule has 2 aromatic rings. The van der Waals surface area contributed by atoms with Gasteiger partial charge in [0.25, 0.3) is 0 Å². The van der Waals surface area contributed by atoms with Gasteiger partial charge in [-0.2, -0.15) is 4.80 Å². The number of carbonyl (C=O) groups is 1. The molecule has 9 heteroatoms. The minimum atomic E-state index is -0.856. The van der Waals surface area contributed by atoms with Crippen molar-refractivity contribution in [1.29, 1.82) is 0 Å². The van der Waals surface area contributed by atoms with E-state index >= 15 is 0 Å². The van der Waals surface area contributed by atoms with Gasteiger partial charge >= 0.3 is 0 Å². The van der Waals surface area contributed by atoms with Crippen LogP contribution in [0, 0.1) is 13.1 Å². The summed E-state index contributed by atoms with van der Waals surface area (Å²) >= 11 is 0. The van der Waals surface area contributed by atoms with Gasteiger partial charge in [0, 0.05) is 59.7 Å². The van der Waals surface area contributed by atoms with E-state index in [-0.39, 0.29) is 59.5 Å². The second-order valence-corrected chi connectivity index (χ2v) is 3.42. The molecule has 0 spiro atoms. The molecule has 1 amide bonds. The number of tetrazole rings is 1. The Labute approximate surface area is 149 Å². The van der Waals surface area contributed by atoms with Crippen LogP contribution < -0.4 is 0 Å². The van der Waals surface area contributed by atoms with E-state index in [1.54, 1.807) is 6.92 Å². The first-order chi connectivity index (χ1) is 8.11. The van der Waals surface area contributed by atoms with Gasteiger partial charge in [0.15, 0.2) is 5.82 Å². The van der Waals surface area contributed by atoms with E-state index in [9.17, 15) is 4.79 Å². The Hall–Kier alpha value is -0.518. The van der Waals surface area contributed by atoms with Crippen molar-refractivity contribution in [1.82, 2.24) is 25.2 Å². The molecule has 1 N–H and O–H groups in total. The summed E-state index contributed by atoms with van der Waals surface area (Å²) < 4.78 is 0. The molecule has 0 aliphatic rings. The van der Waals surface area contributed by atoms with Gasteiger partial charge in [-0.1, -0.05) is 18.7 Å². The largest absolute Gasteiger partial charge is 0.673 e. The summed E-state index contributed by atoms with van der Waals surface area (Å²) in [6, 6.07) is 1.48. The molecular weight excluding hydrogens is 493 g/mol. The Kier molecular flexibility index (Phi) is 7.71. The predicted octanol–water partition coefficient (Wildman–Crippen LogP) is 1.05. The third-order valence-corrected chi connectivity index (χ3v) is 2.24. The van der Waals surface area contributed by atoms with Gasteiger partial charge in [0.05, 0.1) is 6.54 Å². The zero-order chi connectivity index (χ0) is 12.4. The fourth-order valence-corrected chi connectivity index (χ4v) is 1.32. The molecule has 97 valence electrons. The molecule has 0 saturated carbocycles. The second kappa shape index (κ2) is 7.92. The molecule has 0 bridgehead atoms. The van der Waals surface area contributed by atoms with Crippen molar-refractivity contribution in [2.75, 3.05) is 0 Å². The van der Waals surface area contributed by atoms with E-state index < -0.39 is 5.91 Å². The van der Waals surface area contributed by atoms with Crippen LogP contribution in [-0.4, -0.2) is 31.1 Å². The monoisotopic (exact) mass is 503 g/mol. The summed E-state index contributed by atoms with van der Waals surface area (Å²) in [5.74, 6) is -0.448. The Morgan fingerprint density at radius 1 is 1.53 bits per heavy atom. The minimum Gasteiger partial charge on any atom is -0.673 e. The molecule has 0 aromatic carbocycles. The average Bonchev–Trinajstić information content (AvgIpc) is 2.77. The third-order valence-electron chi connectivity index (χ3n) is 2.24. The number of aromatic nitrogens is 5. The summed E-state index contributed by atoms with van der Waals surface area (Å²) in [5.41, 5.74) is 8.37. The Morgan fingerprint density at radius 2 is 2.21 bits per heavy atom. The van der Waals surface area contributed by atoms with Crippen molar-refractivity contribution < 1.29 is 58.6 Å². The quantitative estimate of drug-likeness (QED) is 0.584. The van der Waals surface area contributed by atoms with Gasteiger partial charge in [-0.3, -0.25) is 0 Å². The van der Waals surface area contributed by atoms with Crippen molar-refractivity contribution in [3.8, 4) is 11.4 Å². The average molecular weight is 503 g/mol. The summed E-state index contributed by atoms with van der Waals surface area (Å²) in [6.45, 7) is 4.30. The number of aryl methyl sites for hydroxylation is 2. The van der Waals surface area contributed by atoms with Gasteiger partial charge in [-0.05, 0) is 17.8 Å².